The summed E-state index contributed by atoms with van der Waals surface area (Å²) in [7, 11) is -5.13. The average Bonchev–Trinajstić information content (AvgIpc) is 3.21. The Bertz CT molecular complexity index is 1270. The third-order valence-corrected chi connectivity index (χ3v) is 10.8. The van der Waals surface area contributed by atoms with Crippen molar-refractivity contribution in [2.24, 2.45) is 0 Å². The van der Waals surface area contributed by atoms with Gasteiger partial charge in [0.15, 0.2) is 6.10 Å². The summed E-state index contributed by atoms with van der Waals surface area (Å²) in [5.74, 6) is -1.15. The van der Waals surface area contributed by atoms with E-state index in [0.717, 1.165) is 83.5 Å². The summed E-state index contributed by atoms with van der Waals surface area (Å²) in [4.78, 5) is 35.6. The Hall–Kier alpha value is -2.45. The number of carbonyl (C=O) groups excluding carboxylic acids is 2. The van der Waals surface area contributed by atoms with Gasteiger partial charge < -0.3 is 39.9 Å². The zero-order chi connectivity index (χ0) is 43.6. The smallest absolute Gasteiger partial charge is 0.462 e. The lowest BCUT2D eigenvalue weighted by molar-refractivity contribution is -0.220. The molecule has 1 rings (SSSR count). The maximum atomic E-state index is 12.8. The molecule has 6 unspecified atom stereocenters. The summed E-state index contributed by atoms with van der Waals surface area (Å²) >= 11 is 0. The highest BCUT2D eigenvalue weighted by atomic mass is 31.2. The number of allylic oxidation sites excluding steroid dienone is 10. The van der Waals surface area contributed by atoms with Crippen LogP contribution in [0.15, 0.2) is 60.8 Å². The van der Waals surface area contributed by atoms with Gasteiger partial charge in [-0.1, -0.05) is 126 Å². The van der Waals surface area contributed by atoms with Crippen LogP contribution in [0, 0.1) is 0 Å². The van der Waals surface area contributed by atoms with E-state index >= 15 is 0 Å². The SMILES string of the molecule is CCCC/C=C\CCCCCCCC(=O)OC[C@H](COP(=O)(O)OC1C(O)C(O)C(O)[C@@H](O)C1O)OC(=O)CCCCC/C=C\C/C=C\C/C=C\C/C=C\CCCCC. The van der Waals surface area contributed by atoms with Crippen molar-refractivity contribution >= 4 is 19.8 Å². The van der Waals surface area contributed by atoms with Crippen LogP contribution in [0.1, 0.15) is 155 Å². The Kier molecular flexibility index (Phi) is 32.5. The lowest BCUT2D eigenvalue weighted by Crippen LogP contribution is -2.64. The number of phosphoric ester groups is 1. The molecule has 0 aromatic heterocycles. The van der Waals surface area contributed by atoms with E-state index in [-0.39, 0.29) is 12.8 Å². The standard InChI is InChI=1S/C45H77O13P/c1-3-5-7-9-11-13-15-16-17-18-19-20-21-22-24-26-28-30-32-34-39(47)57-37(35-55-38(46)33-31-29-27-25-23-14-12-10-8-6-4-2)36-56-59(53,54)58-45-43(51)41(49)40(48)42(50)44(45)52/h10-13,16-17,19-20,22,24,37,40-45,48-52H,3-9,14-15,18,21,23,25-36H2,1-2H3,(H,53,54)/b12-10-,13-11-,17-16-,20-19-,24-22-/t37-,40?,41-,42?,43?,44?,45?/m1/s1. The minimum Gasteiger partial charge on any atom is -0.462 e. The van der Waals surface area contributed by atoms with Crippen LogP contribution >= 0.6 is 7.82 Å². The van der Waals surface area contributed by atoms with E-state index in [1.54, 1.807) is 0 Å². The first-order valence-electron chi connectivity index (χ1n) is 22.1. The Morgan fingerprint density at radius 3 is 1.47 bits per heavy atom. The number of aliphatic hydroxyl groups is 5. The molecule has 0 amide bonds. The highest BCUT2D eigenvalue weighted by Crippen LogP contribution is 2.47. The van der Waals surface area contributed by atoms with Crippen molar-refractivity contribution < 1.29 is 63.1 Å². The molecule has 0 spiro atoms. The minimum atomic E-state index is -5.13. The molecule has 0 bridgehead atoms. The van der Waals surface area contributed by atoms with Crippen LogP contribution in [0.3, 0.4) is 0 Å². The third-order valence-electron chi connectivity index (χ3n) is 9.83. The number of rotatable bonds is 35. The second-order valence-corrected chi connectivity index (χ2v) is 16.6. The van der Waals surface area contributed by atoms with Gasteiger partial charge in [0.2, 0.25) is 0 Å². The highest BCUT2D eigenvalue weighted by molar-refractivity contribution is 7.47. The fourth-order valence-electron chi connectivity index (χ4n) is 6.19. The molecule has 14 heteroatoms. The van der Waals surface area contributed by atoms with Crippen molar-refractivity contribution in [3.63, 3.8) is 0 Å². The largest absolute Gasteiger partial charge is 0.472 e. The molecule has 1 fully saturated rings. The normalized spacial score (nSPS) is 22.9. The molecule has 1 saturated carbocycles. The molecule has 0 saturated heterocycles. The monoisotopic (exact) mass is 857 g/mol. The van der Waals surface area contributed by atoms with Gasteiger partial charge in [0.1, 0.15) is 43.2 Å². The first-order valence-corrected chi connectivity index (χ1v) is 23.6. The van der Waals surface area contributed by atoms with E-state index in [1.807, 2.05) is 0 Å². The molecule has 1 aliphatic carbocycles. The second kappa shape index (κ2) is 35.2. The Morgan fingerprint density at radius 1 is 0.525 bits per heavy atom. The maximum Gasteiger partial charge on any atom is 0.472 e. The molecule has 59 heavy (non-hydrogen) atoms. The molecule has 0 aromatic carbocycles. The van der Waals surface area contributed by atoms with Crippen molar-refractivity contribution in [3.8, 4) is 0 Å². The Balaban J connectivity index is 2.51. The molecule has 6 N–H and O–H groups in total. The predicted molar refractivity (Wildman–Crippen MR) is 230 cm³/mol. The molecular formula is C45H77O13P. The molecule has 13 nitrogen and oxygen atoms in total. The summed E-state index contributed by atoms with van der Waals surface area (Å²) in [6, 6.07) is 0. The van der Waals surface area contributed by atoms with E-state index in [2.05, 4.69) is 74.6 Å². The van der Waals surface area contributed by atoms with E-state index < -0.39 is 75.7 Å². The first-order chi connectivity index (χ1) is 28.4. The number of phosphoric acid groups is 1. The molecule has 0 aliphatic heterocycles. The number of esters is 2. The fraction of sp³-hybridized carbons (Fsp3) is 0.733. The number of hydrogen-bond acceptors (Lipinski definition) is 12. The van der Waals surface area contributed by atoms with Gasteiger partial charge in [-0.2, -0.15) is 0 Å². The summed E-state index contributed by atoms with van der Waals surface area (Å²) in [6.45, 7) is 3.17. The first kappa shape index (κ1) is 54.6. The molecule has 8 atom stereocenters. The van der Waals surface area contributed by atoms with Crippen molar-refractivity contribution in [1.29, 1.82) is 0 Å². The van der Waals surface area contributed by atoms with Gasteiger partial charge in [-0.15, -0.1) is 0 Å². The van der Waals surface area contributed by atoms with Crippen LogP contribution in [-0.4, -0.2) is 98.3 Å². The molecule has 0 radical (unpaired) electrons. The van der Waals surface area contributed by atoms with Crippen LogP contribution in [0.2, 0.25) is 0 Å². The van der Waals surface area contributed by atoms with Gasteiger partial charge in [0, 0.05) is 12.8 Å². The minimum absolute atomic E-state index is 0.0550. The Morgan fingerprint density at radius 2 is 0.932 bits per heavy atom. The summed E-state index contributed by atoms with van der Waals surface area (Å²) < 4.78 is 33.4. The zero-order valence-corrected chi connectivity index (χ0v) is 36.7. The highest BCUT2D eigenvalue weighted by Gasteiger charge is 2.51. The van der Waals surface area contributed by atoms with Crippen LogP contribution in [-0.2, 0) is 32.7 Å². The average molecular weight is 857 g/mol. The fourth-order valence-corrected chi connectivity index (χ4v) is 7.16. The van der Waals surface area contributed by atoms with Crippen molar-refractivity contribution in [2.45, 2.75) is 198 Å². The van der Waals surface area contributed by atoms with E-state index in [0.29, 0.717) is 12.8 Å². The van der Waals surface area contributed by atoms with Crippen LogP contribution in [0.4, 0.5) is 0 Å². The van der Waals surface area contributed by atoms with E-state index in [4.69, 9.17) is 18.5 Å². The van der Waals surface area contributed by atoms with Gasteiger partial charge in [-0.25, -0.2) is 4.57 Å². The molecule has 0 heterocycles. The molecule has 1 aliphatic rings. The summed E-state index contributed by atoms with van der Waals surface area (Å²) in [5, 5.41) is 50.1. The van der Waals surface area contributed by atoms with E-state index in [1.165, 1.54) is 32.1 Å². The number of unbranched alkanes of at least 4 members (excludes halogenated alkanes) is 13. The molecule has 0 aromatic rings. The topological polar surface area (TPSA) is 210 Å². The van der Waals surface area contributed by atoms with Gasteiger partial charge in [0.05, 0.1) is 6.61 Å². The quantitative estimate of drug-likeness (QED) is 0.0154. The zero-order valence-electron chi connectivity index (χ0n) is 35.8. The Labute approximate surface area is 353 Å². The number of aliphatic hydroxyl groups excluding tert-OH is 5. The molecular weight excluding hydrogens is 779 g/mol. The number of ether oxygens (including phenoxy) is 2. The van der Waals surface area contributed by atoms with Crippen molar-refractivity contribution in [2.75, 3.05) is 13.2 Å². The van der Waals surface area contributed by atoms with Gasteiger partial charge in [-0.3, -0.25) is 18.6 Å². The summed E-state index contributed by atoms with van der Waals surface area (Å²) in [5.41, 5.74) is 0. The van der Waals surface area contributed by atoms with Crippen LogP contribution in [0.5, 0.6) is 0 Å². The second-order valence-electron chi connectivity index (χ2n) is 15.2. The van der Waals surface area contributed by atoms with Crippen LogP contribution < -0.4 is 0 Å². The lowest BCUT2D eigenvalue weighted by atomic mass is 9.85. The third kappa shape index (κ3) is 27.9. The number of hydrogen-bond donors (Lipinski definition) is 6. The van der Waals surface area contributed by atoms with Gasteiger partial charge >= 0.3 is 19.8 Å². The van der Waals surface area contributed by atoms with Gasteiger partial charge in [-0.05, 0) is 77.0 Å². The van der Waals surface area contributed by atoms with E-state index in [9.17, 15) is 44.6 Å². The maximum absolute atomic E-state index is 12.8. The number of carbonyl (C=O) groups is 2. The molecule has 340 valence electrons. The van der Waals surface area contributed by atoms with Gasteiger partial charge in [0.25, 0.3) is 0 Å². The lowest BCUT2D eigenvalue weighted by Gasteiger charge is -2.41. The van der Waals surface area contributed by atoms with Crippen molar-refractivity contribution in [1.82, 2.24) is 0 Å². The van der Waals surface area contributed by atoms with Crippen LogP contribution in [0.25, 0.3) is 0 Å². The summed E-state index contributed by atoms with van der Waals surface area (Å²) in [6.07, 6.45) is 28.5. The van der Waals surface area contributed by atoms with Crippen molar-refractivity contribution in [3.05, 3.63) is 60.8 Å². The predicted octanol–water partition coefficient (Wildman–Crippen LogP) is 8.16.